The Hall–Kier alpha value is -1.42. The van der Waals surface area contributed by atoms with E-state index >= 15 is 0 Å². The molecule has 1 unspecified atom stereocenters. The smallest absolute Gasteiger partial charge is 0.304 e. The number of carbonyl (C=O) groups is 1. The third-order valence-corrected chi connectivity index (χ3v) is 2.36. The highest BCUT2D eigenvalue weighted by molar-refractivity contribution is 5.67. The largest absolute Gasteiger partial charge is 0.481 e. The summed E-state index contributed by atoms with van der Waals surface area (Å²) in [5.41, 5.74) is 0.817. The lowest BCUT2D eigenvalue weighted by molar-refractivity contribution is -0.137. The fourth-order valence-corrected chi connectivity index (χ4v) is 1.62. The lowest BCUT2D eigenvalue weighted by Gasteiger charge is -2.19. The molecule has 2 N–H and O–H groups in total. The van der Waals surface area contributed by atoms with Crippen molar-refractivity contribution in [2.75, 3.05) is 0 Å². The number of carboxylic acids is 1. The molecular weight excluding hydrogens is 209 g/mol. The first-order chi connectivity index (χ1) is 7.49. The minimum absolute atomic E-state index is 0.0552. The maximum atomic E-state index is 13.0. The van der Waals surface area contributed by atoms with Gasteiger partial charge in [0.15, 0.2) is 0 Å². The third kappa shape index (κ3) is 3.98. The van der Waals surface area contributed by atoms with Gasteiger partial charge in [0.05, 0.1) is 6.42 Å². The summed E-state index contributed by atoms with van der Waals surface area (Å²) in [6.45, 7) is 3.68. The number of hydrogen-bond acceptors (Lipinski definition) is 2. The van der Waals surface area contributed by atoms with E-state index in [0.717, 1.165) is 5.56 Å². The Morgan fingerprint density at radius 3 is 2.75 bits per heavy atom. The zero-order valence-corrected chi connectivity index (χ0v) is 9.40. The number of hydrogen-bond donors (Lipinski definition) is 2. The van der Waals surface area contributed by atoms with Crippen LogP contribution in [0.15, 0.2) is 24.3 Å². The Morgan fingerprint density at radius 2 is 2.19 bits per heavy atom. The van der Waals surface area contributed by atoms with E-state index in [2.05, 4.69) is 5.32 Å². The van der Waals surface area contributed by atoms with Crippen LogP contribution >= 0.6 is 0 Å². The molecule has 0 aliphatic heterocycles. The summed E-state index contributed by atoms with van der Waals surface area (Å²) in [6, 6.07) is 6.09. The van der Waals surface area contributed by atoms with Gasteiger partial charge < -0.3 is 10.4 Å². The zero-order chi connectivity index (χ0) is 12.1. The molecule has 88 valence electrons. The van der Waals surface area contributed by atoms with Crippen LogP contribution in [-0.2, 0) is 4.79 Å². The van der Waals surface area contributed by atoms with E-state index in [1.54, 1.807) is 13.0 Å². The van der Waals surface area contributed by atoms with Crippen LogP contribution < -0.4 is 5.32 Å². The molecule has 2 atom stereocenters. The van der Waals surface area contributed by atoms with E-state index in [1.807, 2.05) is 13.0 Å². The van der Waals surface area contributed by atoms with Crippen LogP contribution in [0, 0.1) is 5.82 Å². The molecule has 0 aliphatic carbocycles. The molecule has 0 radical (unpaired) electrons. The minimum atomic E-state index is -0.841. The molecule has 0 bridgehead atoms. The standard InChI is InChI=1S/C12H16FNO2/c1-8(6-12(15)16)14-9(2)10-4-3-5-11(13)7-10/h3-5,7-9,14H,6H2,1-2H3,(H,15,16)/t8?,9-/m1/s1. The van der Waals surface area contributed by atoms with Gasteiger partial charge in [0, 0.05) is 12.1 Å². The van der Waals surface area contributed by atoms with Gasteiger partial charge in [0.1, 0.15) is 5.82 Å². The van der Waals surface area contributed by atoms with Crippen LogP contribution in [0.1, 0.15) is 31.9 Å². The second-order valence-electron chi connectivity index (χ2n) is 3.94. The summed E-state index contributed by atoms with van der Waals surface area (Å²) in [7, 11) is 0. The van der Waals surface area contributed by atoms with Crippen molar-refractivity contribution in [3.63, 3.8) is 0 Å². The summed E-state index contributed by atoms with van der Waals surface area (Å²) in [4.78, 5) is 10.5. The van der Waals surface area contributed by atoms with Gasteiger partial charge in [-0.15, -0.1) is 0 Å². The molecular formula is C12H16FNO2. The summed E-state index contributed by atoms with van der Waals surface area (Å²) in [5.74, 6) is -1.12. The molecule has 0 aliphatic rings. The fraction of sp³-hybridized carbons (Fsp3) is 0.417. The van der Waals surface area contributed by atoms with E-state index in [1.165, 1.54) is 12.1 Å². The van der Waals surface area contributed by atoms with Gasteiger partial charge in [0.2, 0.25) is 0 Å². The van der Waals surface area contributed by atoms with Gasteiger partial charge >= 0.3 is 5.97 Å². The van der Waals surface area contributed by atoms with Crippen LogP contribution in [0.3, 0.4) is 0 Å². The Labute approximate surface area is 94.3 Å². The summed E-state index contributed by atoms with van der Waals surface area (Å²) in [6.07, 6.45) is 0.0552. The first-order valence-corrected chi connectivity index (χ1v) is 5.22. The number of nitrogens with one attached hydrogen (secondary N) is 1. The molecule has 0 saturated heterocycles. The van der Waals surface area contributed by atoms with Gasteiger partial charge in [-0.2, -0.15) is 0 Å². The second kappa shape index (κ2) is 5.61. The van der Waals surface area contributed by atoms with Crippen LogP contribution in [0.2, 0.25) is 0 Å². The lowest BCUT2D eigenvalue weighted by Crippen LogP contribution is -2.30. The summed E-state index contributed by atoms with van der Waals surface area (Å²) >= 11 is 0. The van der Waals surface area contributed by atoms with Crippen molar-refractivity contribution in [2.24, 2.45) is 0 Å². The highest BCUT2D eigenvalue weighted by atomic mass is 19.1. The van der Waals surface area contributed by atoms with Crippen molar-refractivity contribution in [1.82, 2.24) is 5.32 Å². The highest BCUT2D eigenvalue weighted by Crippen LogP contribution is 2.14. The predicted molar refractivity (Wildman–Crippen MR) is 59.7 cm³/mol. The van der Waals surface area contributed by atoms with Crippen molar-refractivity contribution < 1.29 is 14.3 Å². The molecule has 16 heavy (non-hydrogen) atoms. The van der Waals surface area contributed by atoms with Gasteiger partial charge in [0.25, 0.3) is 0 Å². The third-order valence-electron chi connectivity index (χ3n) is 2.36. The van der Waals surface area contributed by atoms with E-state index in [4.69, 9.17) is 5.11 Å². The quantitative estimate of drug-likeness (QED) is 0.808. The average Bonchev–Trinajstić information content (AvgIpc) is 2.16. The number of aliphatic carboxylic acids is 1. The van der Waals surface area contributed by atoms with Crippen molar-refractivity contribution in [3.8, 4) is 0 Å². The monoisotopic (exact) mass is 225 g/mol. The maximum absolute atomic E-state index is 13.0. The minimum Gasteiger partial charge on any atom is -0.481 e. The fourth-order valence-electron chi connectivity index (χ4n) is 1.62. The second-order valence-corrected chi connectivity index (χ2v) is 3.94. The normalized spacial score (nSPS) is 14.4. The number of halogens is 1. The highest BCUT2D eigenvalue weighted by Gasteiger charge is 2.12. The summed E-state index contributed by atoms with van der Waals surface area (Å²) < 4.78 is 13.0. The van der Waals surface area contributed by atoms with Gasteiger partial charge in [-0.1, -0.05) is 12.1 Å². The molecule has 4 heteroatoms. The molecule has 1 aromatic carbocycles. The van der Waals surface area contributed by atoms with Gasteiger partial charge in [-0.25, -0.2) is 4.39 Å². The first kappa shape index (κ1) is 12.6. The van der Waals surface area contributed by atoms with Crippen molar-refractivity contribution >= 4 is 5.97 Å². The van der Waals surface area contributed by atoms with Crippen LogP contribution in [0.4, 0.5) is 4.39 Å². The number of benzene rings is 1. The molecule has 1 rings (SSSR count). The van der Waals surface area contributed by atoms with E-state index < -0.39 is 5.97 Å². The zero-order valence-electron chi connectivity index (χ0n) is 9.40. The van der Waals surface area contributed by atoms with Crippen molar-refractivity contribution in [2.45, 2.75) is 32.4 Å². The van der Waals surface area contributed by atoms with Crippen LogP contribution in [0.5, 0.6) is 0 Å². The van der Waals surface area contributed by atoms with E-state index in [0.29, 0.717) is 0 Å². The van der Waals surface area contributed by atoms with Crippen LogP contribution in [-0.4, -0.2) is 17.1 Å². The van der Waals surface area contributed by atoms with E-state index in [9.17, 15) is 9.18 Å². The number of rotatable bonds is 5. The summed E-state index contributed by atoms with van der Waals surface area (Å²) in [5, 5.41) is 11.7. The number of carboxylic acid groups (broad SMARTS) is 1. The molecule has 3 nitrogen and oxygen atoms in total. The van der Waals surface area contributed by atoms with Crippen LogP contribution in [0.25, 0.3) is 0 Å². The Morgan fingerprint density at radius 1 is 1.50 bits per heavy atom. The predicted octanol–water partition coefficient (Wildman–Crippen LogP) is 2.34. The maximum Gasteiger partial charge on any atom is 0.304 e. The lowest BCUT2D eigenvalue weighted by atomic mass is 10.1. The first-order valence-electron chi connectivity index (χ1n) is 5.22. The van der Waals surface area contributed by atoms with Crippen molar-refractivity contribution in [1.29, 1.82) is 0 Å². The Balaban J connectivity index is 2.58. The molecule has 1 aromatic rings. The Bertz CT molecular complexity index is 368. The average molecular weight is 225 g/mol. The molecule has 0 saturated carbocycles. The Kier molecular flexibility index (Phi) is 4.43. The van der Waals surface area contributed by atoms with Gasteiger partial charge in [-0.3, -0.25) is 4.79 Å². The molecule has 0 fully saturated rings. The SMILES string of the molecule is CC(CC(=O)O)N[C@H](C)c1cccc(F)c1. The topological polar surface area (TPSA) is 49.3 Å². The molecule has 0 heterocycles. The van der Waals surface area contributed by atoms with Gasteiger partial charge in [-0.05, 0) is 31.5 Å². The molecule has 0 aromatic heterocycles. The molecule has 0 amide bonds. The van der Waals surface area contributed by atoms with Crippen molar-refractivity contribution in [3.05, 3.63) is 35.6 Å². The van der Waals surface area contributed by atoms with E-state index in [-0.39, 0.29) is 24.3 Å². The molecule has 0 spiro atoms.